The fraction of sp³-hybridized carbons (Fsp3) is 0.250. The summed E-state index contributed by atoms with van der Waals surface area (Å²) >= 11 is 3.43. The standard InChI is InChI=1S/C16H16BrN3/c1-16(2,3)13-6-4-11(5-7-13)12-8-18-15-14(17)9-19-20(15)10-12/h4-10H,1-3H3. The lowest BCUT2D eigenvalue weighted by atomic mass is 9.86. The second-order valence-electron chi connectivity index (χ2n) is 5.93. The minimum absolute atomic E-state index is 0.174. The van der Waals surface area contributed by atoms with Crippen LogP contribution in [0.1, 0.15) is 26.3 Å². The molecule has 20 heavy (non-hydrogen) atoms. The molecule has 0 spiro atoms. The Balaban J connectivity index is 2.02. The van der Waals surface area contributed by atoms with Crippen molar-refractivity contribution in [1.29, 1.82) is 0 Å². The van der Waals surface area contributed by atoms with Gasteiger partial charge in [-0.2, -0.15) is 5.10 Å². The summed E-state index contributed by atoms with van der Waals surface area (Å²) in [5.74, 6) is 0. The Bertz CT molecular complexity index is 751. The van der Waals surface area contributed by atoms with Gasteiger partial charge < -0.3 is 0 Å². The zero-order chi connectivity index (χ0) is 14.3. The molecule has 0 radical (unpaired) electrons. The first-order valence-electron chi connectivity index (χ1n) is 6.55. The molecule has 3 aromatic rings. The predicted octanol–water partition coefficient (Wildman–Crippen LogP) is 4.46. The molecular weight excluding hydrogens is 314 g/mol. The number of rotatable bonds is 1. The van der Waals surface area contributed by atoms with Gasteiger partial charge in [-0.1, -0.05) is 45.0 Å². The quantitative estimate of drug-likeness (QED) is 0.660. The number of hydrogen-bond donors (Lipinski definition) is 0. The predicted molar refractivity (Wildman–Crippen MR) is 84.8 cm³/mol. The van der Waals surface area contributed by atoms with E-state index in [2.05, 4.69) is 71.0 Å². The summed E-state index contributed by atoms with van der Waals surface area (Å²) in [6, 6.07) is 8.64. The molecule has 3 nitrogen and oxygen atoms in total. The van der Waals surface area contributed by atoms with Crippen LogP contribution in [0.3, 0.4) is 0 Å². The van der Waals surface area contributed by atoms with Crippen LogP contribution in [-0.2, 0) is 5.41 Å². The van der Waals surface area contributed by atoms with Gasteiger partial charge in [0.25, 0.3) is 0 Å². The molecule has 0 amide bonds. The van der Waals surface area contributed by atoms with E-state index in [0.717, 1.165) is 21.2 Å². The Kier molecular flexibility index (Phi) is 3.13. The third-order valence-electron chi connectivity index (χ3n) is 3.40. The first kappa shape index (κ1) is 13.3. The van der Waals surface area contributed by atoms with Crippen molar-refractivity contribution in [3.63, 3.8) is 0 Å². The number of halogens is 1. The largest absolute Gasteiger partial charge is 0.235 e. The molecule has 0 aliphatic heterocycles. The Morgan fingerprint density at radius 3 is 2.35 bits per heavy atom. The molecule has 0 saturated carbocycles. The highest BCUT2D eigenvalue weighted by Gasteiger charge is 2.13. The van der Waals surface area contributed by atoms with Gasteiger partial charge in [0.1, 0.15) is 0 Å². The highest BCUT2D eigenvalue weighted by Crippen LogP contribution is 2.26. The van der Waals surface area contributed by atoms with Crippen LogP contribution in [0.5, 0.6) is 0 Å². The van der Waals surface area contributed by atoms with E-state index >= 15 is 0 Å². The van der Waals surface area contributed by atoms with E-state index in [1.54, 1.807) is 10.7 Å². The van der Waals surface area contributed by atoms with Crippen molar-refractivity contribution in [2.75, 3.05) is 0 Å². The van der Waals surface area contributed by atoms with Crippen LogP contribution in [0, 0.1) is 0 Å². The van der Waals surface area contributed by atoms with Crippen molar-refractivity contribution < 1.29 is 0 Å². The van der Waals surface area contributed by atoms with Gasteiger partial charge in [-0.3, -0.25) is 0 Å². The minimum Gasteiger partial charge on any atom is -0.235 e. The van der Waals surface area contributed by atoms with E-state index in [4.69, 9.17) is 0 Å². The third-order valence-corrected chi connectivity index (χ3v) is 3.96. The molecule has 102 valence electrons. The van der Waals surface area contributed by atoms with Crippen LogP contribution in [0.4, 0.5) is 0 Å². The molecule has 0 saturated heterocycles. The average Bonchev–Trinajstić information content (AvgIpc) is 2.79. The molecule has 4 heteroatoms. The number of aromatic nitrogens is 3. The average molecular weight is 330 g/mol. The van der Waals surface area contributed by atoms with Gasteiger partial charge in [0, 0.05) is 18.0 Å². The van der Waals surface area contributed by atoms with Gasteiger partial charge in [-0.15, -0.1) is 0 Å². The fourth-order valence-corrected chi connectivity index (χ4v) is 2.53. The van der Waals surface area contributed by atoms with Crippen LogP contribution < -0.4 is 0 Å². The fourth-order valence-electron chi connectivity index (χ4n) is 2.16. The van der Waals surface area contributed by atoms with Gasteiger partial charge in [0.05, 0.1) is 10.7 Å². The highest BCUT2D eigenvalue weighted by atomic mass is 79.9. The van der Waals surface area contributed by atoms with Gasteiger partial charge in [0.15, 0.2) is 5.65 Å². The topological polar surface area (TPSA) is 30.2 Å². The summed E-state index contributed by atoms with van der Waals surface area (Å²) in [6.07, 6.45) is 5.64. The van der Waals surface area contributed by atoms with Crippen LogP contribution >= 0.6 is 15.9 Å². The summed E-state index contributed by atoms with van der Waals surface area (Å²) < 4.78 is 2.70. The smallest absolute Gasteiger partial charge is 0.169 e. The monoisotopic (exact) mass is 329 g/mol. The van der Waals surface area contributed by atoms with Gasteiger partial charge in [-0.25, -0.2) is 9.50 Å². The maximum Gasteiger partial charge on any atom is 0.169 e. The van der Waals surface area contributed by atoms with E-state index in [1.165, 1.54) is 5.56 Å². The van der Waals surface area contributed by atoms with Crippen molar-refractivity contribution in [2.24, 2.45) is 0 Å². The molecule has 3 rings (SSSR count). The Morgan fingerprint density at radius 1 is 1.00 bits per heavy atom. The molecule has 2 heterocycles. The molecule has 0 bridgehead atoms. The van der Waals surface area contributed by atoms with E-state index in [1.807, 2.05) is 12.4 Å². The number of nitrogens with zero attached hydrogens (tertiary/aromatic N) is 3. The van der Waals surface area contributed by atoms with Crippen LogP contribution in [0.2, 0.25) is 0 Å². The Morgan fingerprint density at radius 2 is 1.70 bits per heavy atom. The zero-order valence-electron chi connectivity index (χ0n) is 11.8. The maximum atomic E-state index is 4.44. The van der Waals surface area contributed by atoms with E-state index < -0.39 is 0 Å². The lowest BCUT2D eigenvalue weighted by molar-refractivity contribution is 0.590. The summed E-state index contributed by atoms with van der Waals surface area (Å²) in [4.78, 5) is 4.44. The molecule has 0 unspecified atom stereocenters. The lowest BCUT2D eigenvalue weighted by Crippen LogP contribution is -2.10. The lowest BCUT2D eigenvalue weighted by Gasteiger charge is -2.19. The van der Waals surface area contributed by atoms with E-state index in [-0.39, 0.29) is 5.41 Å². The van der Waals surface area contributed by atoms with Crippen LogP contribution in [-0.4, -0.2) is 14.6 Å². The summed E-state index contributed by atoms with van der Waals surface area (Å²) in [7, 11) is 0. The number of benzene rings is 1. The first-order chi connectivity index (χ1) is 9.45. The van der Waals surface area contributed by atoms with Gasteiger partial charge in [0.2, 0.25) is 0 Å². The Labute approximate surface area is 126 Å². The Hall–Kier alpha value is -1.68. The zero-order valence-corrected chi connectivity index (χ0v) is 13.3. The molecule has 1 aromatic carbocycles. The van der Waals surface area contributed by atoms with Crippen LogP contribution in [0.25, 0.3) is 16.8 Å². The summed E-state index contributed by atoms with van der Waals surface area (Å²) in [5, 5.41) is 4.27. The van der Waals surface area contributed by atoms with E-state index in [0.29, 0.717) is 0 Å². The molecule has 0 fully saturated rings. The van der Waals surface area contributed by atoms with Crippen molar-refractivity contribution >= 4 is 21.6 Å². The maximum absolute atomic E-state index is 4.44. The molecule has 0 N–H and O–H groups in total. The molecule has 0 atom stereocenters. The van der Waals surface area contributed by atoms with Crippen molar-refractivity contribution in [1.82, 2.24) is 14.6 Å². The molecular formula is C16H16BrN3. The van der Waals surface area contributed by atoms with Crippen molar-refractivity contribution in [3.05, 3.63) is 52.9 Å². The van der Waals surface area contributed by atoms with E-state index in [9.17, 15) is 0 Å². The minimum atomic E-state index is 0.174. The normalized spacial score (nSPS) is 12.0. The molecule has 2 aromatic heterocycles. The van der Waals surface area contributed by atoms with Gasteiger partial charge >= 0.3 is 0 Å². The number of hydrogen-bond acceptors (Lipinski definition) is 2. The molecule has 0 aliphatic rings. The second-order valence-corrected chi connectivity index (χ2v) is 6.79. The van der Waals surface area contributed by atoms with Crippen molar-refractivity contribution in [3.8, 4) is 11.1 Å². The van der Waals surface area contributed by atoms with Crippen LogP contribution in [0.15, 0.2) is 47.3 Å². The number of fused-ring (bicyclic) bond motifs is 1. The third kappa shape index (κ3) is 2.36. The van der Waals surface area contributed by atoms with Gasteiger partial charge in [-0.05, 0) is 32.5 Å². The van der Waals surface area contributed by atoms with Crippen molar-refractivity contribution in [2.45, 2.75) is 26.2 Å². The highest BCUT2D eigenvalue weighted by molar-refractivity contribution is 9.10. The SMILES string of the molecule is CC(C)(C)c1ccc(-c2cnc3c(Br)cnn3c2)cc1. The first-order valence-corrected chi connectivity index (χ1v) is 7.34. The summed E-state index contributed by atoms with van der Waals surface area (Å²) in [5.41, 5.74) is 4.55. The summed E-state index contributed by atoms with van der Waals surface area (Å²) in [6.45, 7) is 6.66. The second kappa shape index (κ2) is 4.70. The molecule has 0 aliphatic carbocycles.